The molecule has 1 aliphatic carbocycles. The first kappa shape index (κ1) is 18.7. The summed E-state index contributed by atoms with van der Waals surface area (Å²) in [5, 5.41) is 0. The Bertz CT molecular complexity index is 914. The van der Waals surface area contributed by atoms with Crippen molar-refractivity contribution in [2.24, 2.45) is 16.3 Å². The quantitative estimate of drug-likeness (QED) is 0.725. The van der Waals surface area contributed by atoms with Crippen LogP contribution >= 0.6 is 0 Å². The fourth-order valence-corrected chi connectivity index (χ4v) is 4.72. The molecule has 0 N–H and O–H groups in total. The third-order valence-corrected chi connectivity index (χ3v) is 5.92. The van der Waals surface area contributed by atoms with Crippen molar-refractivity contribution in [1.29, 1.82) is 0 Å². The zero-order chi connectivity index (χ0) is 19.9. The Morgan fingerprint density at radius 1 is 1.11 bits per heavy atom. The van der Waals surface area contributed by atoms with E-state index in [9.17, 15) is 4.79 Å². The van der Waals surface area contributed by atoms with E-state index in [1.807, 2.05) is 24.3 Å². The Labute approximate surface area is 167 Å². The van der Waals surface area contributed by atoms with Crippen LogP contribution < -0.4 is 9.64 Å². The average molecular weight is 376 g/mol. The highest BCUT2D eigenvalue weighted by molar-refractivity contribution is 6.10. The number of carbonyl (C=O) groups excluding carboxylic acids is 1. The molecule has 1 unspecified atom stereocenters. The van der Waals surface area contributed by atoms with E-state index >= 15 is 0 Å². The number of hydrogen-bond donors (Lipinski definition) is 0. The molecule has 2 aliphatic rings. The highest BCUT2D eigenvalue weighted by Crippen LogP contribution is 2.47. The molecule has 4 rings (SSSR count). The summed E-state index contributed by atoms with van der Waals surface area (Å²) in [6, 6.07) is 16.3. The highest BCUT2D eigenvalue weighted by atomic mass is 16.5. The smallest absolute Gasteiger partial charge is 0.144 e. The number of para-hydroxylation sites is 2. The van der Waals surface area contributed by atoms with E-state index in [1.165, 1.54) is 0 Å². The van der Waals surface area contributed by atoms with Crippen molar-refractivity contribution in [3.63, 3.8) is 0 Å². The molecule has 1 saturated carbocycles. The van der Waals surface area contributed by atoms with Crippen LogP contribution in [0, 0.1) is 11.3 Å². The predicted molar refractivity (Wildman–Crippen MR) is 114 cm³/mol. The minimum Gasteiger partial charge on any atom is -0.497 e. The van der Waals surface area contributed by atoms with Crippen LogP contribution in [0.1, 0.15) is 45.2 Å². The van der Waals surface area contributed by atoms with E-state index in [0.29, 0.717) is 12.2 Å². The van der Waals surface area contributed by atoms with Crippen molar-refractivity contribution >= 4 is 22.9 Å². The number of Topliss-reactive ketones (excluding diaryl/α,β-unsaturated/α-hetero) is 1. The van der Waals surface area contributed by atoms with E-state index in [0.717, 1.165) is 41.4 Å². The Morgan fingerprint density at radius 2 is 1.82 bits per heavy atom. The highest BCUT2D eigenvalue weighted by Gasteiger charge is 2.45. The van der Waals surface area contributed by atoms with E-state index < -0.39 is 0 Å². The third-order valence-electron chi connectivity index (χ3n) is 5.92. The lowest BCUT2D eigenvalue weighted by atomic mass is 9.68. The Morgan fingerprint density at radius 3 is 2.50 bits per heavy atom. The molecule has 146 valence electrons. The molecule has 0 aromatic heterocycles. The van der Waals surface area contributed by atoms with Crippen molar-refractivity contribution in [1.82, 2.24) is 0 Å². The molecular weight excluding hydrogens is 348 g/mol. The lowest BCUT2D eigenvalue weighted by Crippen LogP contribution is -2.45. The van der Waals surface area contributed by atoms with Crippen LogP contribution in [0.3, 0.4) is 0 Å². The van der Waals surface area contributed by atoms with E-state index in [2.05, 4.69) is 49.9 Å². The molecule has 0 bridgehead atoms. The van der Waals surface area contributed by atoms with Crippen molar-refractivity contribution in [2.75, 3.05) is 18.6 Å². The van der Waals surface area contributed by atoms with Crippen LogP contribution in [0.25, 0.3) is 0 Å². The van der Waals surface area contributed by atoms with Gasteiger partial charge < -0.3 is 9.64 Å². The lowest BCUT2D eigenvalue weighted by Gasteiger charge is -2.41. The molecule has 0 saturated heterocycles. The first-order chi connectivity index (χ1) is 13.4. The van der Waals surface area contributed by atoms with Crippen LogP contribution in [-0.2, 0) is 4.79 Å². The Balaban J connectivity index is 1.91. The standard InChI is InChI=1S/C24H28N2O2/c1-5-26-20-9-7-6-8-18(20)25-19-14-24(2,3)15-21(27)22(19)23(26)16-10-12-17(28-4)13-11-16/h6-13,22-23H,5,14-15H2,1-4H3/t22?,23-/m1/s1. The van der Waals surface area contributed by atoms with Crippen LogP contribution in [0.2, 0.25) is 0 Å². The molecule has 28 heavy (non-hydrogen) atoms. The maximum atomic E-state index is 13.4. The summed E-state index contributed by atoms with van der Waals surface area (Å²) in [5.74, 6) is 0.904. The van der Waals surface area contributed by atoms with Crippen molar-refractivity contribution in [2.45, 2.75) is 39.7 Å². The SMILES string of the molecule is CCN1c2ccccc2N=C2CC(C)(C)CC(=O)C2[C@H]1c1ccc(OC)cc1. The van der Waals surface area contributed by atoms with Gasteiger partial charge in [-0.05, 0) is 48.6 Å². The van der Waals surface area contributed by atoms with Gasteiger partial charge in [0.15, 0.2) is 0 Å². The van der Waals surface area contributed by atoms with Gasteiger partial charge in [-0.2, -0.15) is 0 Å². The average Bonchev–Trinajstić information content (AvgIpc) is 2.81. The number of fused-ring (bicyclic) bond motifs is 2. The molecule has 0 spiro atoms. The van der Waals surface area contributed by atoms with Crippen LogP contribution in [0.5, 0.6) is 5.75 Å². The molecule has 2 aromatic rings. The molecule has 4 heteroatoms. The monoisotopic (exact) mass is 376 g/mol. The first-order valence-corrected chi connectivity index (χ1v) is 10.0. The minimum atomic E-state index is -0.214. The molecule has 1 fully saturated rings. The molecule has 0 amide bonds. The largest absolute Gasteiger partial charge is 0.497 e. The Kier molecular flexibility index (Phi) is 4.74. The van der Waals surface area contributed by atoms with E-state index in [1.54, 1.807) is 7.11 Å². The zero-order valence-corrected chi connectivity index (χ0v) is 17.1. The van der Waals surface area contributed by atoms with Gasteiger partial charge in [-0.1, -0.05) is 38.1 Å². The van der Waals surface area contributed by atoms with E-state index in [4.69, 9.17) is 9.73 Å². The van der Waals surface area contributed by atoms with Crippen LogP contribution in [-0.4, -0.2) is 25.1 Å². The first-order valence-electron chi connectivity index (χ1n) is 10.0. The summed E-state index contributed by atoms with van der Waals surface area (Å²) in [4.78, 5) is 20.8. The summed E-state index contributed by atoms with van der Waals surface area (Å²) in [5.41, 5.74) is 4.16. The number of anilines is 1. The molecule has 4 nitrogen and oxygen atoms in total. The second-order valence-electron chi connectivity index (χ2n) is 8.56. The molecular formula is C24H28N2O2. The number of carbonyl (C=O) groups is 1. The summed E-state index contributed by atoms with van der Waals surface area (Å²) in [7, 11) is 1.67. The number of methoxy groups -OCH3 is 1. The van der Waals surface area contributed by atoms with Gasteiger partial charge in [0.2, 0.25) is 0 Å². The topological polar surface area (TPSA) is 41.9 Å². The Hall–Kier alpha value is -2.62. The van der Waals surface area contributed by atoms with Gasteiger partial charge in [0.1, 0.15) is 11.5 Å². The summed E-state index contributed by atoms with van der Waals surface area (Å²) in [6.07, 6.45) is 1.44. The van der Waals surface area contributed by atoms with Gasteiger partial charge in [0, 0.05) is 18.7 Å². The van der Waals surface area contributed by atoms with Crippen LogP contribution in [0.15, 0.2) is 53.5 Å². The molecule has 1 aliphatic heterocycles. The second-order valence-corrected chi connectivity index (χ2v) is 8.56. The number of rotatable bonds is 3. The van der Waals surface area contributed by atoms with Gasteiger partial charge >= 0.3 is 0 Å². The van der Waals surface area contributed by atoms with Gasteiger partial charge in [0.05, 0.1) is 30.4 Å². The van der Waals surface area contributed by atoms with E-state index in [-0.39, 0.29) is 17.4 Å². The van der Waals surface area contributed by atoms with Crippen molar-refractivity contribution in [3.05, 3.63) is 54.1 Å². The third kappa shape index (κ3) is 3.21. The maximum Gasteiger partial charge on any atom is 0.144 e. The van der Waals surface area contributed by atoms with Gasteiger partial charge in [-0.3, -0.25) is 9.79 Å². The van der Waals surface area contributed by atoms with Crippen molar-refractivity contribution < 1.29 is 9.53 Å². The summed E-state index contributed by atoms with van der Waals surface area (Å²) >= 11 is 0. The summed E-state index contributed by atoms with van der Waals surface area (Å²) < 4.78 is 5.34. The molecule has 0 radical (unpaired) electrons. The molecule has 1 heterocycles. The normalized spacial score (nSPS) is 23.4. The summed E-state index contributed by atoms with van der Waals surface area (Å²) in [6.45, 7) is 7.29. The number of aliphatic imine (C=N–C) groups is 1. The fourth-order valence-electron chi connectivity index (χ4n) is 4.72. The number of hydrogen-bond acceptors (Lipinski definition) is 4. The maximum absolute atomic E-state index is 13.4. The van der Waals surface area contributed by atoms with Crippen LogP contribution in [0.4, 0.5) is 11.4 Å². The number of ketones is 1. The minimum absolute atomic E-state index is 0.0484. The van der Waals surface area contributed by atoms with Gasteiger partial charge in [-0.15, -0.1) is 0 Å². The number of ether oxygens (including phenoxy) is 1. The van der Waals surface area contributed by atoms with Gasteiger partial charge in [-0.25, -0.2) is 0 Å². The fraction of sp³-hybridized carbons (Fsp3) is 0.417. The number of benzene rings is 2. The molecule has 2 aromatic carbocycles. The van der Waals surface area contributed by atoms with Gasteiger partial charge in [0.25, 0.3) is 0 Å². The second kappa shape index (κ2) is 7.08. The number of nitrogens with zero attached hydrogens (tertiary/aromatic N) is 2. The zero-order valence-electron chi connectivity index (χ0n) is 17.1. The molecule has 2 atom stereocenters. The lowest BCUT2D eigenvalue weighted by molar-refractivity contribution is -0.124. The predicted octanol–water partition coefficient (Wildman–Crippen LogP) is 5.35. The van der Waals surface area contributed by atoms with Crippen molar-refractivity contribution in [3.8, 4) is 5.75 Å².